The Bertz CT molecular complexity index is 1810. The molecule has 1 fully saturated rings. The molecule has 0 N–H and O–H groups in total. The van der Waals surface area contributed by atoms with Crippen molar-refractivity contribution in [2.24, 2.45) is 7.05 Å². The number of hydrogen-bond acceptors (Lipinski definition) is 10. The second-order valence-electron chi connectivity index (χ2n) is 10.7. The Kier molecular flexibility index (Phi) is 7.95. The number of tetrazole rings is 1. The Morgan fingerprint density at radius 3 is 2.20 bits per heavy atom. The van der Waals surface area contributed by atoms with Gasteiger partial charge in [0.1, 0.15) is 11.8 Å². The van der Waals surface area contributed by atoms with Crippen LogP contribution >= 0.6 is 7.82 Å². The van der Waals surface area contributed by atoms with E-state index >= 15 is 0 Å². The number of aromatic nitrogens is 5. The number of amides is 1. The smallest absolute Gasteiger partial charge is 0.441 e. The van der Waals surface area contributed by atoms with E-state index in [1.807, 2.05) is 91.0 Å². The predicted molar refractivity (Wildman–Crippen MR) is 164 cm³/mol. The van der Waals surface area contributed by atoms with Crippen molar-refractivity contribution < 1.29 is 27.7 Å². The normalized spacial score (nSPS) is 17.3. The molecule has 0 saturated carbocycles. The van der Waals surface area contributed by atoms with Gasteiger partial charge >= 0.3 is 13.9 Å². The summed E-state index contributed by atoms with van der Waals surface area (Å²) >= 11 is 0. The van der Waals surface area contributed by atoms with Crippen LogP contribution in [-0.2, 0) is 49.6 Å². The van der Waals surface area contributed by atoms with E-state index in [9.17, 15) is 9.36 Å². The number of phosphoric acid groups is 1. The topological polar surface area (TPSA) is 131 Å². The molecule has 4 heterocycles. The third-order valence-corrected chi connectivity index (χ3v) is 9.03. The highest BCUT2D eigenvalue weighted by atomic mass is 31.2. The second-order valence-corrected chi connectivity index (χ2v) is 12.4. The SMILES string of the molecule is Cn1nnc(-c2ccc(-c3ccc4c(c3)C[C@H]3[C@H](COP(=O)(OCc5ccccc5)OCc5ccccc5)OC(=O)N43)cn2)n1. The van der Waals surface area contributed by atoms with Gasteiger partial charge in [0.2, 0.25) is 5.82 Å². The maximum absolute atomic E-state index is 13.8. The van der Waals surface area contributed by atoms with Gasteiger partial charge in [-0.15, -0.1) is 10.2 Å². The third-order valence-electron chi connectivity index (χ3n) is 7.67. The Labute approximate surface area is 259 Å². The van der Waals surface area contributed by atoms with E-state index in [2.05, 4.69) is 20.4 Å². The number of hydrogen-bond donors (Lipinski definition) is 0. The van der Waals surface area contributed by atoms with Crippen LogP contribution in [0.3, 0.4) is 0 Å². The number of nitrogens with zero attached hydrogens (tertiary/aromatic N) is 6. The first-order chi connectivity index (χ1) is 21.9. The molecule has 1 saturated heterocycles. The number of phosphoric ester groups is 1. The van der Waals surface area contributed by atoms with E-state index < -0.39 is 20.0 Å². The van der Waals surface area contributed by atoms with Gasteiger partial charge in [-0.3, -0.25) is 23.5 Å². The number of aryl methyl sites for hydroxylation is 1. The first-order valence-corrected chi connectivity index (χ1v) is 15.9. The zero-order valence-corrected chi connectivity index (χ0v) is 25.2. The molecule has 1 amide bonds. The lowest BCUT2D eigenvalue weighted by Gasteiger charge is -2.21. The molecule has 2 aromatic heterocycles. The fourth-order valence-electron chi connectivity index (χ4n) is 5.42. The molecule has 2 aliphatic rings. The molecule has 0 unspecified atom stereocenters. The number of benzene rings is 3. The van der Waals surface area contributed by atoms with E-state index in [0.717, 1.165) is 33.5 Å². The molecule has 0 spiro atoms. The minimum atomic E-state index is -4.04. The number of cyclic esters (lactones) is 1. The summed E-state index contributed by atoms with van der Waals surface area (Å²) in [6.45, 7) is -0.0884. The highest BCUT2D eigenvalue weighted by Crippen LogP contribution is 2.52. The first kappa shape index (κ1) is 29.0. The van der Waals surface area contributed by atoms with Crippen LogP contribution in [0.4, 0.5) is 10.5 Å². The summed E-state index contributed by atoms with van der Waals surface area (Å²) in [6.07, 6.45) is 1.14. The van der Waals surface area contributed by atoms with Gasteiger partial charge in [-0.1, -0.05) is 72.8 Å². The molecule has 2 aliphatic heterocycles. The van der Waals surface area contributed by atoms with Gasteiger partial charge in [-0.25, -0.2) is 9.36 Å². The molecule has 7 rings (SSSR count). The van der Waals surface area contributed by atoms with Crippen molar-refractivity contribution in [2.45, 2.75) is 31.8 Å². The van der Waals surface area contributed by atoms with Gasteiger partial charge in [-0.05, 0) is 52.1 Å². The number of anilines is 1. The first-order valence-electron chi connectivity index (χ1n) is 14.4. The number of rotatable bonds is 11. The van der Waals surface area contributed by atoms with Crippen molar-refractivity contribution in [1.82, 2.24) is 25.2 Å². The van der Waals surface area contributed by atoms with Crippen molar-refractivity contribution >= 4 is 19.6 Å². The summed E-state index contributed by atoms with van der Waals surface area (Å²) in [4.78, 5) is 20.5. The van der Waals surface area contributed by atoms with Crippen LogP contribution in [0.1, 0.15) is 16.7 Å². The lowest BCUT2D eigenvalue weighted by atomic mass is 10.0. The standard InChI is InChI=1S/C32H29N6O6P/c1-37-35-31(34-36-37)27-14-12-25(18-33-27)24-13-15-28-26(16-24)17-29-30(44-32(39)38(28)29)21-43-45(40,41-19-22-8-4-2-5-9-22)42-20-23-10-6-3-7-11-23/h2-16,18,29-30H,17,19-21H2,1H3/t29-,30-/m0/s1. The zero-order valence-electron chi connectivity index (χ0n) is 24.3. The van der Waals surface area contributed by atoms with Crippen molar-refractivity contribution in [2.75, 3.05) is 11.5 Å². The van der Waals surface area contributed by atoms with Crippen LogP contribution in [0.5, 0.6) is 0 Å². The number of carbonyl (C=O) groups excluding carboxylic acids is 1. The average molecular weight is 625 g/mol. The monoisotopic (exact) mass is 624 g/mol. The van der Waals surface area contributed by atoms with Gasteiger partial charge < -0.3 is 4.74 Å². The van der Waals surface area contributed by atoms with Gasteiger partial charge in [0.05, 0.1) is 38.6 Å². The molecule has 45 heavy (non-hydrogen) atoms. The Morgan fingerprint density at radius 2 is 1.58 bits per heavy atom. The lowest BCUT2D eigenvalue weighted by molar-refractivity contribution is 0.0515. The van der Waals surface area contributed by atoms with Crippen LogP contribution in [-0.4, -0.2) is 50.0 Å². The van der Waals surface area contributed by atoms with Gasteiger partial charge in [0.25, 0.3) is 0 Å². The maximum atomic E-state index is 13.8. The molecular weight excluding hydrogens is 595 g/mol. The maximum Gasteiger partial charge on any atom is 0.475 e. The molecule has 12 nitrogen and oxygen atoms in total. The molecular formula is C32H29N6O6P. The number of carbonyl (C=O) groups is 1. The van der Waals surface area contributed by atoms with E-state index in [1.54, 1.807) is 18.1 Å². The number of pyridine rings is 1. The molecule has 13 heteroatoms. The summed E-state index contributed by atoms with van der Waals surface area (Å²) in [6, 6.07) is 28.1. The Morgan fingerprint density at radius 1 is 0.889 bits per heavy atom. The highest BCUT2D eigenvalue weighted by Gasteiger charge is 2.48. The van der Waals surface area contributed by atoms with E-state index in [-0.39, 0.29) is 25.9 Å². The largest absolute Gasteiger partial charge is 0.475 e. The minimum Gasteiger partial charge on any atom is -0.441 e. The van der Waals surface area contributed by atoms with Crippen molar-refractivity contribution in [1.29, 1.82) is 0 Å². The summed E-state index contributed by atoms with van der Waals surface area (Å²) in [7, 11) is -2.34. The molecule has 2 atom stereocenters. The van der Waals surface area contributed by atoms with Gasteiger partial charge in [0, 0.05) is 11.8 Å². The Hall–Kier alpha value is -4.74. The lowest BCUT2D eigenvalue weighted by Crippen LogP contribution is -2.35. The van der Waals surface area contributed by atoms with Crippen LogP contribution in [0, 0.1) is 0 Å². The molecule has 0 radical (unpaired) electrons. The summed E-state index contributed by atoms with van der Waals surface area (Å²) in [5, 5.41) is 12.1. The molecule has 0 aliphatic carbocycles. The fraction of sp³-hybridized carbons (Fsp3) is 0.219. The molecule has 5 aromatic rings. The van der Waals surface area contributed by atoms with Crippen molar-refractivity contribution in [3.8, 4) is 22.6 Å². The molecule has 228 valence electrons. The Balaban J connectivity index is 1.04. The van der Waals surface area contributed by atoms with Crippen LogP contribution in [0.15, 0.2) is 97.2 Å². The highest BCUT2D eigenvalue weighted by molar-refractivity contribution is 7.48. The van der Waals surface area contributed by atoms with Gasteiger partial charge in [0.15, 0.2) is 0 Å². The average Bonchev–Trinajstić information content (AvgIpc) is 3.77. The van der Waals surface area contributed by atoms with Crippen LogP contribution in [0.25, 0.3) is 22.6 Å². The summed E-state index contributed by atoms with van der Waals surface area (Å²) < 4.78 is 36.8. The van der Waals surface area contributed by atoms with E-state index in [0.29, 0.717) is 17.9 Å². The van der Waals surface area contributed by atoms with E-state index in [1.165, 1.54) is 4.80 Å². The molecule has 3 aromatic carbocycles. The number of ether oxygens (including phenoxy) is 1. The second kappa shape index (κ2) is 12.3. The van der Waals surface area contributed by atoms with Crippen molar-refractivity contribution in [3.05, 3.63) is 114 Å². The zero-order chi connectivity index (χ0) is 30.8. The van der Waals surface area contributed by atoms with Crippen LogP contribution in [0.2, 0.25) is 0 Å². The quantitative estimate of drug-likeness (QED) is 0.168. The number of fused-ring (bicyclic) bond motifs is 3. The summed E-state index contributed by atoms with van der Waals surface area (Å²) in [5.41, 5.74) is 5.89. The molecule has 0 bridgehead atoms. The van der Waals surface area contributed by atoms with Crippen LogP contribution < -0.4 is 4.90 Å². The minimum absolute atomic E-state index is 0.0340. The summed E-state index contributed by atoms with van der Waals surface area (Å²) in [5.74, 6) is 0.450. The fourth-order valence-corrected chi connectivity index (χ4v) is 6.58. The van der Waals surface area contributed by atoms with E-state index in [4.69, 9.17) is 18.3 Å². The predicted octanol–water partition coefficient (Wildman–Crippen LogP) is 5.75. The van der Waals surface area contributed by atoms with Gasteiger partial charge in [-0.2, -0.15) is 4.80 Å². The van der Waals surface area contributed by atoms with Crippen molar-refractivity contribution in [3.63, 3.8) is 0 Å². The third kappa shape index (κ3) is 6.27.